The van der Waals surface area contributed by atoms with Crippen molar-refractivity contribution in [2.75, 3.05) is 13.2 Å². The van der Waals surface area contributed by atoms with Gasteiger partial charge in [-0.1, -0.05) is 24.3 Å². The van der Waals surface area contributed by atoms with Gasteiger partial charge in [-0.15, -0.1) is 0 Å². The van der Waals surface area contributed by atoms with Gasteiger partial charge >= 0.3 is 0 Å². The first-order valence-electron chi connectivity index (χ1n) is 7.28. The van der Waals surface area contributed by atoms with Gasteiger partial charge in [-0.2, -0.15) is 0 Å². The summed E-state index contributed by atoms with van der Waals surface area (Å²) in [5.74, 6) is 0.793. The van der Waals surface area contributed by atoms with E-state index >= 15 is 0 Å². The van der Waals surface area contributed by atoms with Crippen LogP contribution in [0.4, 0.5) is 0 Å². The predicted molar refractivity (Wildman–Crippen MR) is 71.7 cm³/mol. The molecule has 18 heavy (non-hydrogen) atoms. The van der Waals surface area contributed by atoms with Crippen LogP contribution in [0.3, 0.4) is 0 Å². The van der Waals surface area contributed by atoms with Crippen molar-refractivity contribution in [1.29, 1.82) is 0 Å². The fourth-order valence-corrected chi connectivity index (χ4v) is 4.21. The van der Waals surface area contributed by atoms with Gasteiger partial charge in [0.2, 0.25) is 0 Å². The topological polar surface area (TPSA) is 21.3 Å². The average molecular weight is 243 g/mol. The van der Waals surface area contributed by atoms with E-state index in [4.69, 9.17) is 4.74 Å². The molecule has 2 bridgehead atoms. The number of aryl methyl sites for hydroxylation is 2. The maximum absolute atomic E-state index is 5.74. The van der Waals surface area contributed by atoms with Crippen LogP contribution in [0.15, 0.2) is 24.3 Å². The quantitative estimate of drug-likeness (QED) is 0.764. The highest BCUT2D eigenvalue weighted by atomic mass is 16.5. The monoisotopic (exact) mass is 243 g/mol. The van der Waals surface area contributed by atoms with Crippen LogP contribution in [-0.4, -0.2) is 24.8 Å². The zero-order valence-electron chi connectivity index (χ0n) is 10.8. The molecule has 1 aliphatic carbocycles. The Bertz CT molecular complexity index is 418. The van der Waals surface area contributed by atoms with E-state index in [1.54, 1.807) is 11.1 Å². The summed E-state index contributed by atoms with van der Waals surface area (Å²) in [6.45, 7) is 1.86. The Kier molecular flexibility index (Phi) is 2.49. The van der Waals surface area contributed by atoms with E-state index in [1.807, 2.05) is 0 Å². The lowest BCUT2D eigenvalue weighted by Gasteiger charge is -2.57. The number of morpholine rings is 1. The smallest absolute Gasteiger partial charge is 0.0652 e. The molecule has 0 saturated carbocycles. The van der Waals surface area contributed by atoms with Crippen molar-refractivity contribution in [3.05, 3.63) is 35.4 Å². The van der Waals surface area contributed by atoms with E-state index in [0.717, 1.165) is 19.1 Å². The summed E-state index contributed by atoms with van der Waals surface area (Å²) in [5.41, 5.74) is 3.47. The SMILES string of the molecule is c1ccc2c(c1)CCC(C13COCC(C1)N3)CC2. The molecule has 96 valence electrons. The summed E-state index contributed by atoms with van der Waals surface area (Å²) in [7, 11) is 0. The lowest BCUT2D eigenvalue weighted by Crippen LogP contribution is -2.74. The molecule has 3 fully saturated rings. The second-order valence-corrected chi connectivity index (χ2v) is 6.26. The highest BCUT2D eigenvalue weighted by Gasteiger charge is 2.51. The fourth-order valence-electron chi connectivity index (χ4n) is 4.21. The van der Waals surface area contributed by atoms with Crippen molar-refractivity contribution >= 4 is 0 Å². The van der Waals surface area contributed by atoms with Crippen molar-refractivity contribution in [3.8, 4) is 0 Å². The third-order valence-corrected chi connectivity index (χ3v) is 5.21. The molecule has 2 heteroatoms. The molecular formula is C16H21NO. The summed E-state index contributed by atoms with van der Waals surface area (Å²) >= 11 is 0. The van der Waals surface area contributed by atoms with Gasteiger partial charge in [-0.3, -0.25) is 0 Å². The normalized spacial score (nSPS) is 35.4. The van der Waals surface area contributed by atoms with Crippen LogP contribution in [0.2, 0.25) is 0 Å². The van der Waals surface area contributed by atoms with Gasteiger partial charge in [0.15, 0.2) is 0 Å². The molecule has 2 unspecified atom stereocenters. The van der Waals surface area contributed by atoms with E-state index in [9.17, 15) is 0 Å². The number of fused-ring (bicyclic) bond motifs is 3. The molecule has 0 aromatic heterocycles. The number of ether oxygens (including phenoxy) is 1. The van der Waals surface area contributed by atoms with Gasteiger partial charge in [-0.05, 0) is 49.1 Å². The van der Waals surface area contributed by atoms with Crippen LogP contribution < -0.4 is 5.32 Å². The molecule has 1 aromatic rings. The molecule has 2 nitrogen and oxygen atoms in total. The molecule has 3 saturated heterocycles. The molecule has 3 heterocycles. The first kappa shape index (κ1) is 11.0. The van der Waals surface area contributed by atoms with Crippen molar-refractivity contribution in [2.45, 2.75) is 43.7 Å². The Balaban J connectivity index is 1.53. The zero-order chi connectivity index (χ0) is 12.0. The third kappa shape index (κ3) is 1.63. The maximum Gasteiger partial charge on any atom is 0.0652 e. The minimum Gasteiger partial charge on any atom is -0.378 e. The maximum atomic E-state index is 5.74. The van der Waals surface area contributed by atoms with Gasteiger partial charge in [0.25, 0.3) is 0 Å². The summed E-state index contributed by atoms with van der Waals surface area (Å²) in [6.07, 6.45) is 6.47. The van der Waals surface area contributed by atoms with Gasteiger partial charge in [0, 0.05) is 11.6 Å². The molecule has 5 rings (SSSR count). The van der Waals surface area contributed by atoms with E-state index in [2.05, 4.69) is 29.6 Å². The predicted octanol–water partition coefficient (Wildman–Crippen LogP) is 2.31. The summed E-state index contributed by atoms with van der Waals surface area (Å²) in [4.78, 5) is 0. The first-order valence-corrected chi connectivity index (χ1v) is 7.28. The van der Waals surface area contributed by atoms with E-state index < -0.39 is 0 Å². The van der Waals surface area contributed by atoms with Crippen LogP contribution in [0, 0.1) is 5.92 Å². The molecule has 2 atom stereocenters. The van der Waals surface area contributed by atoms with Gasteiger partial charge < -0.3 is 10.1 Å². The molecule has 0 amide bonds. The van der Waals surface area contributed by atoms with Crippen molar-refractivity contribution < 1.29 is 4.74 Å². The van der Waals surface area contributed by atoms with Crippen LogP contribution >= 0.6 is 0 Å². The van der Waals surface area contributed by atoms with E-state index in [0.29, 0.717) is 11.6 Å². The molecule has 1 aromatic carbocycles. The Hall–Kier alpha value is -0.860. The number of nitrogens with one attached hydrogen (secondary N) is 1. The lowest BCUT2D eigenvalue weighted by atomic mass is 9.68. The molecule has 0 radical (unpaired) electrons. The molecule has 4 aliphatic rings. The van der Waals surface area contributed by atoms with Crippen molar-refractivity contribution in [1.82, 2.24) is 5.32 Å². The van der Waals surface area contributed by atoms with Gasteiger partial charge in [-0.25, -0.2) is 0 Å². The minimum absolute atomic E-state index is 0.324. The minimum atomic E-state index is 0.324. The van der Waals surface area contributed by atoms with Gasteiger partial charge in [0.1, 0.15) is 0 Å². The number of hydrogen-bond donors (Lipinski definition) is 1. The Morgan fingerprint density at radius 2 is 1.78 bits per heavy atom. The number of benzene rings is 1. The fraction of sp³-hybridized carbons (Fsp3) is 0.625. The highest BCUT2D eigenvalue weighted by Crippen LogP contribution is 2.42. The number of hydrogen-bond acceptors (Lipinski definition) is 2. The summed E-state index contributed by atoms with van der Waals surface area (Å²) in [6, 6.07) is 9.62. The lowest BCUT2D eigenvalue weighted by molar-refractivity contribution is -0.106. The molecule has 3 aliphatic heterocycles. The second kappa shape index (κ2) is 4.07. The standard InChI is InChI=1S/C16H21NO/c1-2-4-13-6-8-14(7-5-12(13)3-1)16-9-15(17-16)10-18-11-16/h1-4,14-15,17H,5-11H2. The van der Waals surface area contributed by atoms with Crippen LogP contribution in [0.5, 0.6) is 0 Å². The van der Waals surface area contributed by atoms with Gasteiger partial charge in [0.05, 0.1) is 13.2 Å². The van der Waals surface area contributed by atoms with Crippen LogP contribution in [0.1, 0.15) is 30.4 Å². The van der Waals surface area contributed by atoms with Crippen LogP contribution in [-0.2, 0) is 17.6 Å². The molecule has 0 spiro atoms. The summed E-state index contributed by atoms with van der Waals surface area (Å²) < 4.78 is 5.74. The Morgan fingerprint density at radius 1 is 1.11 bits per heavy atom. The highest BCUT2D eigenvalue weighted by molar-refractivity contribution is 5.29. The molecule has 1 N–H and O–H groups in total. The largest absolute Gasteiger partial charge is 0.378 e. The van der Waals surface area contributed by atoms with E-state index in [1.165, 1.54) is 32.1 Å². The first-order chi connectivity index (χ1) is 8.86. The second-order valence-electron chi connectivity index (χ2n) is 6.26. The number of rotatable bonds is 1. The Morgan fingerprint density at radius 3 is 2.33 bits per heavy atom. The zero-order valence-corrected chi connectivity index (χ0v) is 10.8. The van der Waals surface area contributed by atoms with E-state index in [-0.39, 0.29) is 0 Å². The Labute approximate surface area is 109 Å². The van der Waals surface area contributed by atoms with Crippen molar-refractivity contribution in [2.24, 2.45) is 5.92 Å². The average Bonchev–Trinajstić information content (AvgIpc) is 2.61. The van der Waals surface area contributed by atoms with Crippen molar-refractivity contribution in [3.63, 3.8) is 0 Å². The molecular weight excluding hydrogens is 222 g/mol. The summed E-state index contributed by atoms with van der Waals surface area (Å²) in [5, 5.41) is 3.79. The van der Waals surface area contributed by atoms with Crippen LogP contribution in [0.25, 0.3) is 0 Å². The third-order valence-electron chi connectivity index (χ3n) is 5.21.